The van der Waals surface area contributed by atoms with E-state index in [0.29, 0.717) is 6.42 Å². The van der Waals surface area contributed by atoms with Gasteiger partial charge in [-0.25, -0.2) is 0 Å². The predicted molar refractivity (Wildman–Crippen MR) is 59.6 cm³/mol. The molecule has 0 aliphatic carbocycles. The Bertz CT molecular complexity index is 221. The van der Waals surface area contributed by atoms with Crippen LogP contribution in [0.3, 0.4) is 0 Å². The van der Waals surface area contributed by atoms with E-state index in [-0.39, 0.29) is 20.6 Å². The molecule has 1 atom stereocenters. The summed E-state index contributed by atoms with van der Waals surface area (Å²) in [4.78, 5) is 22.3. The zero-order chi connectivity index (χ0) is 11.3. The molecule has 0 aromatic heterocycles. The first-order valence-corrected chi connectivity index (χ1v) is 4.93. The van der Waals surface area contributed by atoms with Crippen molar-refractivity contribution in [3.05, 3.63) is 0 Å². The lowest BCUT2D eigenvalue weighted by Gasteiger charge is -2.19. The zero-order valence-electron chi connectivity index (χ0n) is 9.33. The minimum absolute atomic E-state index is 0. The molecule has 86 valence electrons. The molecule has 0 aliphatic heterocycles. The fraction of sp³-hybridized carbons (Fsp3) is 0.800. The van der Waals surface area contributed by atoms with E-state index in [4.69, 9.17) is 5.73 Å². The normalized spacial score (nSPS) is 13.0. The van der Waals surface area contributed by atoms with Crippen LogP contribution in [0.4, 0.5) is 0 Å². The number of primary amides is 1. The van der Waals surface area contributed by atoms with Gasteiger partial charge in [-0.3, -0.25) is 9.59 Å². The highest BCUT2D eigenvalue weighted by Gasteiger charge is 2.21. The van der Waals surface area contributed by atoms with Crippen molar-refractivity contribution in [2.24, 2.45) is 17.6 Å². The van der Waals surface area contributed by atoms with E-state index >= 15 is 0 Å². The third-order valence-corrected chi connectivity index (χ3v) is 1.88. The summed E-state index contributed by atoms with van der Waals surface area (Å²) in [5.74, 6) is -0.270. The SMILES string of the molecule is CC(C)CC(=O)N[C@@H](C(N)=O)C(C)C.[HH].[HH]. The van der Waals surface area contributed by atoms with Crippen LogP contribution in [0.25, 0.3) is 0 Å². The topological polar surface area (TPSA) is 72.2 Å². The maximum atomic E-state index is 11.4. The molecule has 0 aromatic rings. The van der Waals surface area contributed by atoms with Crippen LogP contribution in [-0.2, 0) is 9.59 Å². The molecule has 0 aromatic carbocycles. The molecule has 0 aliphatic rings. The first-order chi connectivity index (χ1) is 6.34. The molecule has 0 spiro atoms. The van der Waals surface area contributed by atoms with E-state index < -0.39 is 11.9 Å². The molecule has 0 rings (SSSR count). The van der Waals surface area contributed by atoms with Crippen molar-refractivity contribution < 1.29 is 12.4 Å². The van der Waals surface area contributed by atoms with E-state index in [2.05, 4.69) is 5.32 Å². The van der Waals surface area contributed by atoms with Crippen LogP contribution in [0.2, 0.25) is 0 Å². The molecule has 0 unspecified atom stereocenters. The highest BCUT2D eigenvalue weighted by atomic mass is 16.2. The molecule has 14 heavy (non-hydrogen) atoms. The Morgan fingerprint density at radius 3 is 2.07 bits per heavy atom. The molecule has 0 saturated heterocycles. The van der Waals surface area contributed by atoms with Crippen molar-refractivity contribution >= 4 is 11.8 Å². The fourth-order valence-corrected chi connectivity index (χ4v) is 1.17. The van der Waals surface area contributed by atoms with Crippen LogP contribution >= 0.6 is 0 Å². The average Bonchev–Trinajstić information content (AvgIpc) is 1.97. The first kappa shape index (κ1) is 12.9. The van der Waals surface area contributed by atoms with Gasteiger partial charge in [0.2, 0.25) is 11.8 Å². The van der Waals surface area contributed by atoms with Crippen LogP contribution in [0.1, 0.15) is 37.0 Å². The van der Waals surface area contributed by atoms with Gasteiger partial charge in [0, 0.05) is 9.27 Å². The van der Waals surface area contributed by atoms with Gasteiger partial charge in [-0.2, -0.15) is 0 Å². The average molecular weight is 204 g/mol. The number of hydrogen-bond donors (Lipinski definition) is 2. The molecular formula is C10H24N2O2. The maximum Gasteiger partial charge on any atom is 0.240 e. The third-order valence-electron chi connectivity index (χ3n) is 1.88. The number of carbonyl (C=O) groups excluding carboxylic acids is 2. The van der Waals surface area contributed by atoms with Gasteiger partial charge in [-0.1, -0.05) is 27.7 Å². The van der Waals surface area contributed by atoms with Gasteiger partial charge in [0.05, 0.1) is 0 Å². The van der Waals surface area contributed by atoms with E-state index in [1.54, 1.807) is 0 Å². The van der Waals surface area contributed by atoms with Gasteiger partial charge in [0.15, 0.2) is 0 Å². The number of nitrogens with one attached hydrogen (secondary N) is 1. The van der Waals surface area contributed by atoms with Crippen molar-refractivity contribution in [1.29, 1.82) is 0 Å². The van der Waals surface area contributed by atoms with Crippen molar-refractivity contribution in [3.63, 3.8) is 0 Å². The van der Waals surface area contributed by atoms with Crippen LogP contribution in [0.5, 0.6) is 0 Å². The largest absolute Gasteiger partial charge is 0.368 e. The zero-order valence-corrected chi connectivity index (χ0v) is 9.33. The fourth-order valence-electron chi connectivity index (χ4n) is 1.17. The van der Waals surface area contributed by atoms with Crippen molar-refractivity contribution in [3.8, 4) is 0 Å². The minimum Gasteiger partial charge on any atom is -0.368 e. The highest BCUT2D eigenvalue weighted by molar-refractivity contribution is 5.86. The van der Waals surface area contributed by atoms with Crippen LogP contribution in [-0.4, -0.2) is 17.9 Å². The molecule has 2 amide bonds. The van der Waals surface area contributed by atoms with Gasteiger partial charge < -0.3 is 11.1 Å². The van der Waals surface area contributed by atoms with Crippen LogP contribution in [0, 0.1) is 11.8 Å². The van der Waals surface area contributed by atoms with Crippen LogP contribution in [0.15, 0.2) is 0 Å². The van der Waals surface area contributed by atoms with E-state index in [1.165, 1.54) is 0 Å². The van der Waals surface area contributed by atoms with E-state index in [0.717, 1.165) is 0 Å². The molecule has 4 nitrogen and oxygen atoms in total. The third kappa shape index (κ3) is 4.84. The Morgan fingerprint density at radius 2 is 1.79 bits per heavy atom. The highest BCUT2D eigenvalue weighted by Crippen LogP contribution is 2.03. The summed E-state index contributed by atoms with van der Waals surface area (Å²) in [5.41, 5.74) is 5.16. The second-order valence-corrected chi connectivity index (χ2v) is 4.29. The Hall–Kier alpha value is -1.06. The Labute approximate surface area is 88.2 Å². The smallest absolute Gasteiger partial charge is 0.240 e. The lowest BCUT2D eigenvalue weighted by atomic mass is 10.0. The molecule has 4 heteroatoms. The van der Waals surface area contributed by atoms with E-state index in [9.17, 15) is 9.59 Å². The summed E-state index contributed by atoms with van der Waals surface area (Å²) in [7, 11) is 0. The molecule has 0 fully saturated rings. The Balaban J connectivity index is -0.000000845. The standard InChI is InChI=1S/C10H20N2O2.2H2/c1-6(2)5-8(13)12-9(7(3)4)10(11)14;;/h6-7,9H,5H2,1-4H3,(H2,11,14)(H,12,13);2*1H/t9-;;/m1../s1. The summed E-state index contributed by atoms with van der Waals surface area (Å²) >= 11 is 0. The molecule has 0 heterocycles. The monoisotopic (exact) mass is 204 g/mol. The summed E-state index contributed by atoms with van der Waals surface area (Å²) < 4.78 is 0. The summed E-state index contributed by atoms with van der Waals surface area (Å²) in [6, 6.07) is -0.554. The van der Waals surface area contributed by atoms with Gasteiger partial charge in [0.1, 0.15) is 6.04 Å². The van der Waals surface area contributed by atoms with E-state index in [1.807, 2.05) is 27.7 Å². The second-order valence-electron chi connectivity index (χ2n) is 4.29. The summed E-state index contributed by atoms with van der Waals surface area (Å²) in [6.45, 7) is 7.61. The number of amides is 2. The molecule has 0 radical (unpaired) electrons. The molecule has 3 N–H and O–H groups in total. The molecule has 0 saturated carbocycles. The minimum atomic E-state index is -0.554. The first-order valence-electron chi connectivity index (χ1n) is 4.93. The van der Waals surface area contributed by atoms with Gasteiger partial charge in [0.25, 0.3) is 0 Å². The lowest BCUT2D eigenvalue weighted by Crippen LogP contribution is -2.47. The number of rotatable bonds is 5. The number of nitrogens with two attached hydrogens (primary N) is 1. The van der Waals surface area contributed by atoms with Gasteiger partial charge in [-0.15, -0.1) is 0 Å². The predicted octanol–water partition coefficient (Wildman–Crippen LogP) is 1.15. The quantitative estimate of drug-likeness (QED) is 0.705. The van der Waals surface area contributed by atoms with Crippen LogP contribution < -0.4 is 11.1 Å². The van der Waals surface area contributed by atoms with Crippen molar-refractivity contribution in [1.82, 2.24) is 5.32 Å². The summed E-state index contributed by atoms with van der Waals surface area (Å²) in [5, 5.41) is 2.63. The van der Waals surface area contributed by atoms with Gasteiger partial charge >= 0.3 is 0 Å². The van der Waals surface area contributed by atoms with Crippen molar-refractivity contribution in [2.45, 2.75) is 40.2 Å². The Morgan fingerprint density at radius 1 is 1.29 bits per heavy atom. The Kier molecular flexibility index (Phi) is 5.20. The maximum absolute atomic E-state index is 11.4. The molecular weight excluding hydrogens is 180 g/mol. The van der Waals surface area contributed by atoms with Gasteiger partial charge in [-0.05, 0) is 11.8 Å². The summed E-state index contributed by atoms with van der Waals surface area (Å²) in [6.07, 6.45) is 0.427. The second kappa shape index (κ2) is 5.62. The lowest BCUT2D eigenvalue weighted by molar-refractivity contribution is -0.128. The number of hydrogen-bond acceptors (Lipinski definition) is 2. The molecule has 0 bridgehead atoms. The van der Waals surface area contributed by atoms with Crippen molar-refractivity contribution in [2.75, 3.05) is 0 Å². The number of carbonyl (C=O) groups is 2.